The van der Waals surface area contributed by atoms with Crippen molar-refractivity contribution >= 4 is 11.6 Å². The van der Waals surface area contributed by atoms with E-state index in [-0.39, 0.29) is 0 Å². The van der Waals surface area contributed by atoms with Crippen LogP contribution in [0.4, 0.5) is 0 Å². The molecule has 1 aromatic carbocycles. The monoisotopic (exact) mass is 211 g/mol. The first kappa shape index (κ1) is 11.5. The molecule has 1 aromatic rings. The highest BCUT2D eigenvalue weighted by atomic mass is 35.5. The highest BCUT2D eigenvalue weighted by Gasteiger charge is 2.02. The first-order valence-corrected chi connectivity index (χ1v) is 5.54. The van der Waals surface area contributed by atoms with Crippen LogP contribution in [0, 0.1) is 5.92 Å². The van der Waals surface area contributed by atoms with Gasteiger partial charge in [-0.25, -0.2) is 0 Å². The number of rotatable bonds is 5. The molecule has 1 nitrogen and oxygen atoms in total. The molecule has 0 unspecified atom stereocenters. The smallest absolute Gasteiger partial charge is 0.0406 e. The molecule has 0 spiro atoms. The van der Waals surface area contributed by atoms with Crippen LogP contribution in [-0.4, -0.2) is 6.54 Å². The van der Waals surface area contributed by atoms with Crippen molar-refractivity contribution in [3.63, 3.8) is 0 Å². The summed E-state index contributed by atoms with van der Waals surface area (Å²) in [6, 6.07) is 8.10. The van der Waals surface area contributed by atoms with Crippen LogP contribution in [0.2, 0.25) is 5.02 Å². The minimum absolute atomic E-state index is 0.708. The Balaban J connectivity index is 2.39. The third-order valence-corrected chi connectivity index (χ3v) is 2.65. The molecule has 0 bridgehead atoms. The molecule has 0 saturated carbocycles. The van der Waals surface area contributed by atoms with E-state index in [4.69, 9.17) is 17.3 Å². The second-order valence-corrected chi connectivity index (χ2v) is 4.30. The summed E-state index contributed by atoms with van der Waals surface area (Å²) in [5.74, 6) is 0.708. The average molecular weight is 212 g/mol. The topological polar surface area (TPSA) is 26.0 Å². The van der Waals surface area contributed by atoms with Gasteiger partial charge in [0.25, 0.3) is 0 Å². The van der Waals surface area contributed by atoms with Crippen LogP contribution < -0.4 is 5.73 Å². The fourth-order valence-electron chi connectivity index (χ4n) is 1.59. The van der Waals surface area contributed by atoms with Gasteiger partial charge in [0.2, 0.25) is 0 Å². The van der Waals surface area contributed by atoms with Crippen molar-refractivity contribution in [2.75, 3.05) is 6.54 Å². The molecule has 0 saturated heterocycles. The number of benzene rings is 1. The van der Waals surface area contributed by atoms with Gasteiger partial charge in [0.05, 0.1) is 0 Å². The maximum atomic E-state index is 5.82. The molecule has 0 aliphatic carbocycles. The molecule has 1 rings (SSSR count). The van der Waals surface area contributed by atoms with Crippen LogP contribution in [0.25, 0.3) is 0 Å². The summed E-state index contributed by atoms with van der Waals surface area (Å²) in [7, 11) is 0. The molecule has 14 heavy (non-hydrogen) atoms. The van der Waals surface area contributed by atoms with Crippen molar-refractivity contribution in [3.05, 3.63) is 34.9 Å². The number of halogens is 1. The van der Waals surface area contributed by atoms with E-state index in [2.05, 4.69) is 19.1 Å². The van der Waals surface area contributed by atoms with Gasteiger partial charge in [-0.2, -0.15) is 0 Å². The number of hydrogen-bond acceptors (Lipinski definition) is 1. The van der Waals surface area contributed by atoms with Crippen LogP contribution in [0.1, 0.15) is 25.3 Å². The Bertz CT molecular complexity index is 256. The molecule has 0 aromatic heterocycles. The van der Waals surface area contributed by atoms with Crippen molar-refractivity contribution in [2.24, 2.45) is 11.7 Å². The predicted molar refractivity (Wildman–Crippen MR) is 62.6 cm³/mol. The van der Waals surface area contributed by atoms with Gasteiger partial charge in [-0.15, -0.1) is 0 Å². The quantitative estimate of drug-likeness (QED) is 0.795. The Morgan fingerprint density at radius 2 is 1.93 bits per heavy atom. The Labute approximate surface area is 91.3 Å². The standard InChI is InChI=1S/C12H18ClN/c1-10(3-2-8-14)9-11-4-6-12(13)7-5-11/h4-7,10H,2-3,8-9,14H2,1H3/t10-/m0/s1. The van der Waals surface area contributed by atoms with Crippen LogP contribution in [0.5, 0.6) is 0 Å². The molecule has 0 aliphatic rings. The van der Waals surface area contributed by atoms with E-state index < -0.39 is 0 Å². The summed E-state index contributed by atoms with van der Waals surface area (Å²) >= 11 is 5.82. The molecule has 0 aliphatic heterocycles. The van der Waals surface area contributed by atoms with E-state index in [1.165, 1.54) is 12.0 Å². The summed E-state index contributed by atoms with van der Waals surface area (Å²) in [4.78, 5) is 0. The first-order valence-electron chi connectivity index (χ1n) is 5.17. The fourth-order valence-corrected chi connectivity index (χ4v) is 1.72. The summed E-state index contributed by atoms with van der Waals surface area (Å²) in [5, 5.41) is 0.809. The lowest BCUT2D eigenvalue weighted by Crippen LogP contribution is -2.04. The van der Waals surface area contributed by atoms with Gasteiger partial charge in [0.1, 0.15) is 0 Å². The van der Waals surface area contributed by atoms with Gasteiger partial charge in [-0.1, -0.05) is 30.7 Å². The number of hydrogen-bond donors (Lipinski definition) is 1. The van der Waals surface area contributed by atoms with Crippen LogP contribution in [-0.2, 0) is 6.42 Å². The molecule has 2 N–H and O–H groups in total. The SMILES string of the molecule is C[C@@H](CCCN)Cc1ccc(Cl)cc1. The van der Waals surface area contributed by atoms with Gasteiger partial charge in [-0.3, -0.25) is 0 Å². The normalized spacial score (nSPS) is 12.8. The predicted octanol–water partition coefficient (Wildman–Crippen LogP) is 3.26. The second-order valence-electron chi connectivity index (χ2n) is 3.87. The summed E-state index contributed by atoms with van der Waals surface area (Å²) in [5.41, 5.74) is 6.83. The lowest BCUT2D eigenvalue weighted by Gasteiger charge is -2.10. The van der Waals surface area contributed by atoms with Crippen molar-refractivity contribution in [2.45, 2.75) is 26.2 Å². The second kappa shape index (κ2) is 6.05. The van der Waals surface area contributed by atoms with Crippen LogP contribution in [0.15, 0.2) is 24.3 Å². The Hall–Kier alpha value is -0.530. The molecule has 1 atom stereocenters. The summed E-state index contributed by atoms with van der Waals surface area (Å²) in [6.07, 6.45) is 3.45. The molecule has 78 valence electrons. The van der Waals surface area contributed by atoms with Crippen molar-refractivity contribution in [3.8, 4) is 0 Å². The van der Waals surface area contributed by atoms with Gasteiger partial charge in [0.15, 0.2) is 0 Å². The van der Waals surface area contributed by atoms with Gasteiger partial charge >= 0.3 is 0 Å². The van der Waals surface area contributed by atoms with Crippen molar-refractivity contribution in [1.29, 1.82) is 0 Å². The minimum Gasteiger partial charge on any atom is -0.330 e. The van der Waals surface area contributed by atoms with E-state index >= 15 is 0 Å². The lowest BCUT2D eigenvalue weighted by molar-refractivity contribution is 0.512. The highest BCUT2D eigenvalue weighted by molar-refractivity contribution is 6.30. The molecular weight excluding hydrogens is 194 g/mol. The molecular formula is C12H18ClN. The molecule has 0 radical (unpaired) electrons. The largest absolute Gasteiger partial charge is 0.330 e. The van der Waals surface area contributed by atoms with E-state index in [1.807, 2.05) is 12.1 Å². The van der Waals surface area contributed by atoms with Crippen LogP contribution >= 0.6 is 11.6 Å². The van der Waals surface area contributed by atoms with Gasteiger partial charge in [-0.05, 0) is 49.4 Å². The Morgan fingerprint density at radius 1 is 1.29 bits per heavy atom. The molecule has 0 amide bonds. The van der Waals surface area contributed by atoms with Crippen LogP contribution in [0.3, 0.4) is 0 Å². The first-order chi connectivity index (χ1) is 6.72. The fraction of sp³-hybridized carbons (Fsp3) is 0.500. The number of nitrogens with two attached hydrogens (primary N) is 1. The van der Waals surface area contributed by atoms with Gasteiger partial charge < -0.3 is 5.73 Å². The summed E-state index contributed by atoms with van der Waals surface area (Å²) < 4.78 is 0. The zero-order valence-electron chi connectivity index (χ0n) is 8.67. The zero-order chi connectivity index (χ0) is 10.4. The van der Waals surface area contributed by atoms with E-state index in [0.29, 0.717) is 5.92 Å². The molecule has 0 heterocycles. The average Bonchev–Trinajstić information content (AvgIpc) is 2.18. The van der Waals surface area contributed by atoms with Crippen molar-refractivity contribution in [1.82, 2.24) is 0 Å². The third-order valence-electron chi connectivity index (χ3n) is 2.40. The Morgan fingerprint density at radius 3 is 2.50 bits per heavy atom. The highest BCUT2D eigenvalue weighted by Crippen LogP contribution is 2.15. The Kier molecular flexibility index (Phi) is 4.99. The summed E-state index contributed by atoms with van der Waals surface area (Å²) in [6.45, 7) is 3.06. The van der Waals surface area contributed by atoms with E-state index in [9.17, 15) is 0 Å². The third kappa shape index (κ3) is 4.12. The van der Waals surface area contributed by atoms with Gasteiger partial charge in [0, 0.05) is 5.02 Å². The zero-order valence-corrected chi connectivity index (χ0v) is 9.43. The minimum atomic E-state index is 0.708. The molecule has 0 fully saturated rings. The van der Waals surface area contributed by atoms with E-state index in [1.54, 1.807) is 0 Å². The maximum absolute atomic E-state index is 5.82. The molecule has 2 heteroatoms. The lowest BCUT2D eigenvalue weighted by atomic mass is 9.97. The van der Waals surface area contributed by atoms with Crippen molar-refractivity contribution < 1.29 is 0 Å². The van der Waals surface area contributed by atoms with E-state index in [0.717, 1.165) is 24.4 Å². The maximum Gasteiger partial charge on any atom is 0.0406 e.